The molecule has 146 valence electrons. The summed E-state index contributed by atoms with van der Waals surface area (Å²) in [4.78, 5) is 0. The number of benzene rings is 5. The highest BCUT2D eigenvalue weighted by Gasteiger charge is 2.22. The highest BCUT2D eigenvalue weighted by molar-refractivity contribution is 6.07. The van der Waals surface area contributed by atoms with Gasteiger partial charge in [-0.25, -0.2) is 0 Å². The van der Waals surface area contributed by atoms with Crippen molar-refractivity contribution in [2.24, 2.45) is 0 Å². The van der Waals surface area contributed by atoms with Gasteiger partial charge in [0, 0.05) is 11.8 Å². The van der Waals surface area contributed by atoms with Gasteiger partial charge in [-0.15, -0.1) is 0 Å². The Hall–Kier alpha value is -3.97. The van der Waals surface area contributed by atoms with E-state index < -0.39 is 0 Å². The van der Waals surface area contributed by atoms with Crippen LogP contribution < -0.4 is 0 Å². The molecule has 31 heavy (non-hydrogen) atoms. The van der Waals surface area contributed by atoms with Crippen molar-refractivity contribution in [2.75, 3.05) is 0 Å². The first-order valence-electron chi connectivity index (χ1n) is 10.7. The minimum atomic E-state index is 0.963. The summed E-state index contributed by atoms with van der Waals surface area (Å²) in [5, 5.41) is 10.5. The van der Waals surface area contributed by atoms with Crippen LogP contribution >= 0.6 is 0 Å². The summed E-state index contributed by atoms with van der Waals surface area (Å²) < 4.78 is 0. The number of nitrogens with one attached hydrogen (secondary N) is 1. The quantitative estimate of drug-likeness (QED) is 0.296. The number of hydrogen-bond acceptors (Lipinski definition) is 1. The first kappa shape index (κ1) is 17.9. The Bertz CT molecular complexity index is 1480. The van der Waals surface area contributed by atoms with Crippen LogP contribution in [0.1, 0.15) is 16.7 Å². The fourth-order valence-electron chi connectivity index (χ4n) is 5.05. The molecule has 0 aromatic heterocycles. The summed E-state index contributed by atoms with van der Waals surface area (Å²) in [6.07, 6.45) is 2.46. The van der Waals surface area contributed by atoms with Crippen LogP contribution in [0.4, 0.5) is 0 Å². The summed E-state index contributed by atoms with van der Waals surface area (Å²) in [5.41, 5.74) is 11.3. The van der Waals surface area contributed by atoms with Crippen molar-refractivity contribution >= 4 is 17.0 Å². The van der Waals surface area contributed by atoms with E-state index in [1.165, 1.54) is 50.5 Å². The predicted molar refractivity (Wildman–Crippen MR) is 131 cm³/mol. The maximum absolute atomic E-state index is 8.18. The largest absolute Gasteiger partial charge is 0.308 e. The Morgan fingerprint density at radius 1 is 0.516 bits per heavy atom. The second-order valence-electron chi connectivity index (χ2n) is 8.10. The van der Waals surface area contributed by atoms with Crippen LogP contribution in [0, 0.1) is 5.41 Å². The van der Waals surface area contributed by atoms with Gasteiger partial charge < -0.3 is 5.41 Å². The summed E-state index contributed by atoms with van der Waals surface area (Å²) >= 11 is 0. The summed E-state index contributed by atoms with van der Waals surface area (Å²) in [6.45, 7) is 0. The van der Waals surface area contributed by atoms with Crippen molar-refractivity contribution in [3.8, 4) is 33.4 Å². The highest BCUT2D eigenvalue weighted by Crippen LogP contribution is 2.44. The maximum atomic E-state index is 8.18. The van der Waals surface area contributed by atoms with Gasteiger partial charge in [0.05, 0.1) is 0 Å². The molecule has 1 heteroatoms. The minimum Gasteiger partial charge on any atom is -0.308 e. The molecule has 0 saturated heterocycles. The molecule has 5 aromatic rings. The van der Waals surface area contributed by atoms with Crippen molar-refractivity contribution in [1.82, 2.24) is 0 Å². The van der Waals surface area contributed by atoms with Gasteiger partial charge in [0.15, 0.2) is 0 Å². The predicted octanol–water partition coefficient (Wildman–Crippen LogP) is 7.74. The van der Waals surface area contributed by atoms with E-state index in [1.54, 1.807) is 0 Å². The van der Waals surface area contributed by atoms with Crippen LogP contribution in [0.25, 0.3) is 44.2 Å². The van der Waals surface area contributed by atoms with Crippen molar-refractivity contribution < 1.29 is 0 Å². The van der Waals surface area contributed by atoms with Crippen LogP contribution in [0.5, 0.6) is 0 Å². The maximum Gasteiger partial charge on any atom is 0.0262 e. The van der Waals surface area contributed by atoms with Gasteiger partial charge in [0.1, 0.15) is 0 Å². The van der Waals surface area contributed by atoms with Crippen LogP contribution in [-0.4, -0.2) is 6.21 Å². The third-order valence-corrected chi connectivity index (χ3v) is 6.47. The van der Waals surface area contributed by atoms with E-state index in [0.717, 1.165) is 22.9 Å². The van der Waals surface area contributed by atoms with E-state index >= 15 is 0 Å². The molecule has 0 atom stereocenters. The zero-order valence-electron chi connectivity index (χ0n) is 17.1. The van der Waals surface area contributed by atoms with Crippen molar-refractivity contribution in [3.05, 3.63) is 120 Å². The number of hydrogen-bond donors (Lipinski definition) is 1. The lowest BCUT2D eigenvalue weighted by molar-refractivity contribution is 1.26. The summed E-state index contributed by atoms with van der Waals surface area (Å²) in [6, 6.07) is 36.7. The van der Waals surface area contributed by atoms with Gasteiger partial charge in [-0.2, -0.15) is 0 Å². The SMILES string of the molecule is N=Cc1c(-c2ccccc2-c2cccc3c2Cc2ccccc2-3)ccc2ccccc12. The van der Waals surface area contributed by atoms with Gasteiger partial charge in [-0.3, -0.25) is 0 Å². The molecule has 6 rings (SSSR count). The lowest BCUT2D eigenvalue weighted by Crippen LogP contribution is -1.94. The molecular formula is C30H21N. The third kappa shape index (κ3) is 2.74. The fourth-order valence-corrected chi connectivity index (χ4v) is 5.05. The molecule has 0 heterocycles. The molecule has 0 bridgehead atoms. The van der Waals surface area contributed by atoms with Crippen molar-refractivity contribution in [3.63, 3.8) is 0 Å². The zero-order chi connectivity index (χ0) is 20.8. The van der Waals surface area contributed by atoms with E-state index in [1.807, 2.05) is 6.07 Å². The Labute approximate surface area is 182 Å². The Balaban J connectivity index is 1.60. The first-order chi connectivity index (χ1) is 15.3. The molecule has 0 amide bonds. The minimum absolute atomic E-state index is 0.963. The average molecular weight is 396 g/mol. The smallest absolute Gasteiger partial charge is 0.0262 e. The van der Waals surface area contributed by atoms with Crippen molar-refractivity contribution in [2.45, 2.75) is 6.42 Å². The molecule has 0 radical (unpaired) electrons. The van der Waals surface area contributed by atoms with E-state index in [0.29, 0.717) is 0 Å². The number of rotatable bonds is 3. The molecule has 0 unspecified atom stereocenters. The monoisotopic (exact) mass is 395 g/mol. The molecule has 0 spiro atoms. The van der Waals surface area contributed by atoms with Crippen LogP contribution in [0.15, 0.2) is 103 Å². The van der Waals surface area contributed by atoms with E-state index in [4.69, 9.17) is 5.41 Å². The molecule has 5 aromatic carbocycles. The summed E-state index contributed by atoms with van der Waals surface area (Å²) in [7, 11) is 0. The number of fused-ring (bicyclic) bond motifs is 4. The molecule has 1 nitrogen and oxygen atoms in total. The lowest BCUT2D eigenvalue weighted by atomic mass is 9.87. The standard InChI is InChI=1S/C30H21N/c31-19-30-22-10-3-1-8-20(22)16-17-28(30)26-13-6-5-12-25(26)27-15-7-14-24-23-11-4-2-9-21(23)18-29(24)27/h1-17,19,31H,18H2. The second kappa shape index (κ2) is 7.07. The normalized spacial score (nSPS) is 11.9. The molecule has 1 aliphatic carbocycles. The molecule has 1 N–H and O–H groups in total. The average Bonchev–Trinajstić information content (AvgIpc) is 3.22. The van der Waals surface area contributed by atoms with E-state index in [9.17, 15) is 0 Å². The second-order valence-corrected chi connectivity index (χ2v) is 8.10. The topological polar surface area (TPSA) is 23.9 Å². The zero-order valence-corrected chi connectivity index (χ0v) is 17.1. The molecule has 1 aliphatic rings. The van der Waals surface area contributed by atoms with Gasteiger partial charge >= 0.3 is 0 Å². The molecule has 0 aliphatic heterocycles. The highest BCUT2D eigenvalue weighted by atomic mass is 14.3. The van der Waals surface area contributed by atoms with Crippen molar-refractivity contribution in [1.29, 1.82) is 5.41 Å². The summed E-state index contributed by atoms with van der Waals surface area (Å²) in [5.74, 6) is 0. The third-order valence-electron chi connectivity index (χ3n) is 6.47. The van der Waals surface area contributed by atoms with Crippen LogP contribution in [0.2, 0.25) is 0 Å². The Morgan fingerprint density at radius 2 is 1.13 bits per heavy atom. The first-order valence-corrected chi connectivity index (χ1v) is 10.7. The van der Waals surface area contributed by atoms with Gasteiger partial charge in [0.25, 0.3) is 0 Å². The van der Waals surface area contributed by atoms with E-state index in [-0.39, 0.29) is 0 Å². The van der Waals surface area contributed by atoms with Gasteiger partial charge in [-0.05, 0) is 61.7 Å². The van der Waals surface area contributed by atoms with E-state index in [2.05, 4.69) is 97.1 Å². The van der Waals surface area contributed by atoms with Crippen LogP contribution in [0.3, 0.4) is 0 Å². The fraction of sp³-hybridized carbons (Fsp3) is 0.0333. The molecule has 0 fully saturated rings. The lowest BCUT2D eigenvalue weighted by Gasteiger charge is -2.16. The molecular weight excluding hydrogens is 374 g/mol. The Morgan fingerprint density at radius 3 is 1.94 bits per heavy atom. The van der Waals surface area contributed by atoms with Gasteiger partial charge in [-0.1, -0.05) is 103 Å². The van der Waals surface area contributed by atoms with Gasteiger partial charge in [0.2, 0.25) is 0 Å². The van der Waals surface area contributed by atoms with Crippen LogP contribution in [-0.2, 0) is 6.42 Å². The molecule has 0 saturated carbocycles. The Kier molecular flexibility index (Phi) is 4.07.